The molecule has 82 valence electrons. The topological polar surface area (TPSA) is 68.0 Å². The molecule has 1 N–H and O–H groups in total. The lowest BCUT2D eigenvalue weighted by Gasteiger charge is -2.06. The molecule has 0 atom stereocenters. The summed E-state index contributed by atoms with van der Waals surface area (Å²) in [6, 6.07) is 5.19. The first-order chi connectivity index (χ1) is 7.66. The van der Waals surface area contributed by atoms with Gasteiger partial charge in [-0.3, -0.25) is 4.79 Å². The molecule has 0 aliphatic rings. The predicted octanol–water partition coefficient (Wildman–Crippen LogP) is 2.28. The van der Waals surface area contributed by atoms with Gasteiger partial charge in [0.05, 0.1) is 0 Å². The zero-order chi connectivity index (χ0) is 11.5. The molecule has 0 saturated carbocycles. The lowest BCUT2D eigenvalue weighted by Crippen LogP contribution is -2.12. The largest absolute Gasteiger partial charge is 0.320 e. The number of nitrogens with zero attached hydrogens (tertiary/aromatic N) is 2. The third-order valence-corrected chi connectivity index (χ3v) is 2.27. The molecule has 0 aliphatic heterocycles. The molecule has 2 rings (SSSR count). The maximum atomic E-state index is 11.6. The molecule has 5 nitrogen and oxygen atoms in total. The van der Waals surface area contributed by atoms with Crippen LogP contribution in [-0.4, -0.2) is 16.2 Å². The van der Waals surface area contributed by atoms with Crippen molar-refractivity contribution in [3.05, 3.63) is 40.7 Å². The van der Waals surface area contributed by atoms with Crippen molar-refractivity contribution in [2.75, 3.05) is 5.32 Å². The minimum absolute atomic E-state index is 0.134. The van der Waals surface area contributed by atoms with E-state index in [4.69, 9.17) is 11.6 Å². The number of nitrogens with one attached hydrogen (secondary N) is 1. The lowest BCUT2D eigenvalue weighted by atomic mass is 10.2. The molecule has 16 heavy (non-hydrogen) atoms. The molecule has 0 unspecified atom stereocenters. The molecule has 1 heterocycles. The Labute approximate surface area is 96.4 Å². The number of carbonyl (C=O) groups excluding carboxylic acids is 1. The van der Waals surface area contributed by atoms with E-state index >= 15 is 0 Å². The summed E-state index contributed by atoms with van der Waals surface area (Å²) in [7, 11) is 0. The lowest BCUT2D eigenvalue weighted by molar-refractivity contribution is 0.101. The third kappa shape index (κ3) is 2.20. The first-order valence-electron chi connectivity index (χ1n) is 4.52. The maximum Gasteiger partial charge on any atom is 0.279 e. The predicted molar refractivity (Wildman–Crippen MR) is 58.4 cm³/mol. The summed E-state index contributed by atoms with van der Waals surface area (Å²) in [6.07, 6.45) is 1.25. The fourth-order valence-electron chi connectivity index (χ4n) is 1.22. The minimum atomic E-state index is -0.369. The van der Waals surface area contributed by atoms with Crippen molar-refractivity contribution in [2.45, 2.75) is 6.92 Å². The Bertz CT molecular complexity index is 511. The fourth-order valence-corrected chi connectivity index (χ4v) is 1.45. The highest BCUT2D eigenvalue weighted by atomic mass is 35.5. The van der Waals surface area contributed by atoms with Crippen LogP contribution in [0.3, 0.4) is 0 Å². The van der Waals surface area contributed by atoms with Gasteiger partial charge in [-0.1, -0.05) is 16.8 Å². The van der Waals surface area contributed by atoms with Gasteiger partial charge in [-0.05, 0) is 35.8 Å². The Hall–Kier alpha value is -1.88. The molecular weight excluding hydrogens is 230 g/mol. The van der Waals surface area contributed by atoms with Gasteiger partial charge >= 0.3 is 0 Å². The summed E-state index contributed by atoms with van der Waals surface area (Å²) < 4.78 is 4.34. The molecule has 1 aromatic heterocycles. The quantitative estimate of drug-likeness (QED) is 0.870. The van der Waals surface area contributed by atoms with Crippen LogP contribution in [0.15, 0.2) is 29.0 Å². The number of benzene rings is 1. The monoisotopic (exact) mass is 237 g/mol. The van der Waals surface area contributed by atoms with E-state index < -0.39 is 0 Å². The first-order valence-corrected chi connectivity index (χ1v) is 4.89. The van der Waals surface area contributed by atoms with Crippen molar-refractivity contribution in [2.24, 2.45) is 0 Å². The highest BCUT2D eigenvalue weighted by Gasteiger charge is 2.11. The highest BCUT2D eigenvalue weighted by Crippen LogP contribution is 2.19. The third-order valence-electron chi connectivity index (χ3n) is 2.03. The molecule has 0 fully saturated rings. The molecular formula is C10H8ClN3O2. The van der Waals surface area contributed by atoms with E-state index in [9.17, 15) is 4.79 Å². The Morgan fingerprint density at radius 2 is 2.31 bits per heavy atom. The number of hydrogen-bond donors (Lipinski definition) is 1. The molecule has 0 aliphatic carbocycles. The summed E-state index contributed by atoms with van der Waals surface area (Å²) in [5, 5.41) is 10.1. The fraction of sp³-hybridized carbons (Fsp3) is 0.100. The number of amides is 1. The van der Waals surface area contributed by atoms with E-state index in [0.29, 0.717) is 10.7 Å². The van der Waals surface area contributed by atoms with E-state index in [1.54, 1.807) is 18.2 Å². The van der Waals surface area contributed by atoms with Crippen molar-refractivity contribution in [3.63, 3.8) is 0 Å². The zero-order valence-electron chi connectivity index (χ0n) is 8.40. The van der Waals surface area contributed by atoms with E-state index in [1.807, 2.05) is 6.92 Å². The van der Waals surface area contributed by atoms with Crippen LogP contribution in [0, 0.1) is 6.92 Å². The van der Waals surface area contributed by atoms with Gasteiger partial charge in [0.1, 0.15) is 6.20 Å². The summed E-state index contributed by atoms with van der Waals surface area (Å²) in [5.41, 5.74) is 1.68. The second kappa shape index (κ2) is 4.32. The van der Waals surface area contributed by atoms with Crippen LogP contribution < -0.4 is 5.32 Å². The molecule has 0 bridgehead atoms. The van der Waals surface area contributed by atoms with Gasteiger partial charge in [0.15, 0.2) is 5.69 Å². The van der Waals surface area contributed by atoms with Gasteiger partial charge in [-0.2, -0.15) is 0 Å². The van der Waals surface area contributed by atoms with Crippen LogP contribution in [0.25, 0.3) is 0 Å². The van der Waals surface area contributed by atoms with E-state index in [2.05, 4.69) is 20.3 Å². The van der Waals surface area contributed by atoms with Crippen molar-refractivity contribution in [3.8, 4) is 0 Å². The van der Waals surface area contributed by atoms with Crippen molar-refractivity contribution in [1.29, 1.82) is 0 Å². The van der Waals surface area contributed by atoms with Crippen molar-refractivity contribution < 1.29 is 9.42 Å². The average molecular weight is 238 g/mol. The summed E-state index contributed by atoms with van der Waals surface area (Å²) >= 11 is 5.80. The number of rotatable bonds is 2. The smallest absolute Gasteiger partial charge is 0.279 e. The second-order valence-electron chi connectivity index (χ2n) is 3.21. The normalized spacial score (nSPS) is 10.1. The van der Waals surface area contributed by atoms with Gasteiger partial charge in [-0.15, -0.1) is 0 Å². The van der Waals surface area contributed by atoms with Crippen LogP contribution in [0.5, 0.6) is 0 Å². The molecule has 0 spiro atoms. The molecule has 1 aromatic carbocycles. The summed E-state index contributed by atoms with van der Waals surface area (Å²) in [5.74, 6) is -0.369. The van der Waals surface area contributed by atoms with Crippen LogP contribution in [0.1, 0.15) is 16.1 Å². The minimum Gasteiger partial charge on any atom is -0.320 e. The van der Waals surface area contributed by atoms with Crippen LogP contribution in [-0.2, 0) is 0 Å². The number of anilines is 1. The molecule has 0 radical (unpaired) electrons. The molecule has 2 aromatic rings. The first kappa shape index (κ1) is 10.6. The van der Waals surface area contributed by atoms with Crippen molar-refractivity contribution in [1.82, 2.24) is 10.3 Å². The number of carbonyl (C=O) groups is 1. The van der Waals surface area contributed by atoms with E-state index in [0.717, 1.165) is 5.56 Å². The van der Waals surface area contributed by atoms with Gasteiger partial charge in [-0.25, -0.2) is 4.63 Å². The summed E-state index contributed by atoms with van der Waals surface area (Å²) in [6.45, 7) is 1.85. The van der Waals surface area contributed by atoms with Crippen molar-refractivity contribution >= 4 is 23.2 Å². The van der Waals surface area contributed by atoms with E-state index in [-0.39, 0.29) is 11.6 Å². The summed E-state index contributed by atoms with van der Waals surface area (Å²) in [4.78, 5) is 11.6. The van der Waals surface area contributed by atoms with Gasteiger partial charge in [0.2, 0.25) is 0 Å². The highest BCUT2D eigenvalue weighted by molar-refractivity contribution is 6.30. The molecule has 1 amide bonds. The Balaban J connectivity index is 2.18. The van der Waals surface area contributed by atoms with Gasteiger partial charge in [0.25, 0.3) is 5.91 Å². The van der Waals surface area contributed by atoms with Crippen LogP contribution in [0.4, 0.5) is 5.69 Å². The number of aryl methyl sites for hydroxylation is 1. The van der Waals surface area contributed by atoms with Crippen LogP contribution in [0.2, 0.25) is 5.02 Å². The average Bonchev–Trinajstić information content (AvgIpc) is 2.75. The van der Waals surface area contributed by atoms with E-state index in [1.165, 1.54) is 6.20 Å². The zero-order valence-corrected chi connectivity index (χ0v) is 9.15. The second-order valence-corrected chi connectivity index (χ2v) is 3.64. The Morgan fingerprint density at radius 3 is 2.94 bits per heavy atom. The number of halogens is 1. The van der Waals surface area contributed by atoms with Crippen LogP contribution >= 0.6 is 11.6 Å². The molecule has 0 saturated heterocycles. The number of hydrogen-bond acceptors (Lipinski definition) is 4. The van der Waals surface area contributed by atoms with Gasteiger partial charge < -0.3 is 5.32 Å². The SMILES string of the molecule is Cc1cc(Cl)ccc1NC(=O)c1cnon1. The maximum absolute atomic E-state index is 11.6. The van der Waals surface area contributed by atoms with Gasteiger partial charge in [0, 0.05) is 10.7 Å². The Morgan fingerprint density at radius 1 is 1.50 bits per heavy atom. The molecule has 6 heteroatoms. The number of aromatic nitrogens is 2. The Kier molecular flexibility index (Phi) is 2.87. The standard InChI is InChI=1S/C10H8ClN3O2/c1-6-4-7(11)2-3-8(6)13-10(15)9-5-12-16-14-9/h2-5H,1H3,(H,13,15).